The van der Waals surface area contributed by atoms with E-state index in [4.69, 9.17) is 5.73 Å². The maximum atomic E-state index is 13.2. The molecule has 0 radical (unpaired) electrons. The number of nitrogens with one attached hydrogen (secondary N) is 1. The standard InChI is InChI=1S/C27H28F6N2O3/c28-26(29,30)19-12-16(13-20(15-19)27(31,32)33)11-18-8-7-17-14-21(9-10-22(17)25(18)38)35-24(37)6-4-2-1-3-5-23(34)36/h9-10,12-15,18H,1-8,11H2,(H2,34,36)(H,35,37). The summed E-state index contributed by atoms with van der Waals surface area (Å²) in [5.74, 6) is -1.68. The number of Topliss-reactive ketones (excluding diaryl/α,β-unsaturated/α-hetero) is 1. The first-order chi connectivity index (χ1) is 17.7. The number of nitrogens with two attached hydrogens (primary N) is 1. The molecule has 3 N–H and O–H groups in total. The monoisotopic (exact) mass is 542 g/mol. The molecular formula is C27H28F6N2O3. The van der Waals surface area contributed by atoms with Crippen molar-refractivity contribution >= 4 is 23.3 Å². The molecule has 0 spiro atoms. The average Bonchev–Trinajstić information content (AvgIpc) is 2.81. The first-order valence-electron chi connectivity index (χ1n) is 12.3. The van der Waals surface area contributed by atoms with Crippen molar-refractivity contribution in [2.24, 2.45) is 11.7 Å². The molecule has 0 fully saturated rings. The van der Waals surface area contributed by atoms with Crippen molar-refractivity contribution in [3.8, 4) is 0 Å². The highest BCUT2D eigenvalue weighted by Crippen LogP contribution is 2.38. The van der Waals surface area contributed by atoms with Crippen LogP contribution in [0.25, 0.3) is 0 Å². The van der Waals surface area contributed by atoms with Crippen LogP contribution in [-0.4, -0.2) is 17.6 Å². The van der Waals surface area contributed by atoms with Crippen LogP contribution in [0, 0.1) is 5.92 Å². The minimum atomic E-state index is -4.95. The zero-order chi connectivity index (χ0) is 28.1. The molecule has 0 heterocycles. The van der Waals surface area contributed by atoms with E-state index in [0.29, 0.717) is 54.6 Å². The van der Waals surface area contributed by atoms with Crippen LogP contribution in [0.1, 0.15) is 77.6 Å². The van der Waals surface area contributed by atoms with Crippen molar-refractivity contribution in [2.45, 2.75) is 70.1 Å². The minimum absolute atomic E-state index is 0.0708. The molecule has 1 aliphatic carbocycles. The zero-order valence-electron chi connectivity index (χ0n) is 20.5. The Labute approximate surface area is 215 Å². The predicted octanol–water partition coefficient (Wildman–Crippen LogP) is 6.48. The Morgan fingerprint density at radius 1 is 0.868 bits per heavy atom. The summed E-state index contributed by atoms with van der Waals surface area (Å²) in [6.45, 7) is 0. The summed E-state index contributed by atoms with van der Waals surface area (Å²) in [5.41, 5.74) is 3.58. The largest absolute Gasteiger partial charge is 0.416 e. The maximum absolute atomic E-state index is 13.2. The number of unbranched alkanes of at least 4 members (excludes halogenated alkanes) is 3. The van der Waals surface area contributed by atoms with E-state index >= 15 is 0 Å². The second-order valence-electron chi connectivity index (χ2n) is 9.52. The molecular weight excluding hydrogens is 514 g/mol. The van der Waals surface area contributed by atoms with E-state index in [9.17, 15) is 40.7 Å². The second kappa shape index (κ2) is 12.0. The number of fused-ring (bicyclic) bond motifs is 1. The van der Waals surface area contributed by atoms with E-state index in [1.807, 2.05) is 0 Å². The molecule has 2 aromatic rings. The molecule has 2 amide bonds. The molecule has 0 saturated carbocycles. The highest BCUT2D eigenvalue weighted by atomic mass is 19.4. The van der Waals surface area contributed by atoms with E-state index in [-0.39, 0.29) is 48.5 Å². The number of carbonyl (C=O) groups is 3. The lowest BCUT2D eigenvalue weighted by atomic mass is 9.79. The first kappa shape index (κ1) is 29.2. The van der Waals surface area contributed by atoms with Gasteiger partial charge in [0, 0.05) is 30.0 Å². The van der Waals surface area contributed by atoms with E-state index in [1.165, 1.54) is 6.07 Å². The van der Waals surface area contributed by atoms with Crippen LogP contribution in [0.2, 0.25) is 0 Å². The fraction of sp³-hybridized carbons (Fsp3) is 0.444. The van der Waals surface area contributed by atoms with Gasteiger partial charge in [0.25, 0.3) is 0 Å². The molecule has 2 aromatic carbocycles. The summed E-state index contributed by atoms with van der Waals surface area (Å²) in [6.07, 6.45) is -6.03. The molecule has 5 nitrogen and oxygen atoms in total. The number of ketones is 1. The predicted molar refractivity (Wildman–Crippen MR) is 128 cm³/mol. The van der Waals surface area contributed by atoms with Crippen molar-refractivity contribution in [3.63, 3.8) is 0 Å². The zero-order valence-corrected chi connectivity index (χ0v) is 20.5. The Hall–Kier alpha value is -3.37. The van der Waals surface area contributed by atoms with Gasteiger partial charge in [-0.1, -0.05) is 12.8 Å². The van der Waals surface area contributed by atoms with Crippen LogP contribution in [-0.2, 0) is 34.8 Å². The molecule has 11 heteroatoms. The van der Waals surface area contributed by atoms with Crippen molar-refractivity contribution in [1.82, 2.24) is 0 Å². The second-order valence-corrected chi connectivity index (χ2v) is 9.52. The third-order valence-electron chi connectivity index (χ3n) is 6.49. The molecule has 0 aliphatic heterocycles. The van der Waals surface area contributed by atoms with Crippen LogP contribution in [0.4, 0.5) is 32.0 Å². The molecule has 206 valence electrons. The van der Waals surface area contributed by atoms with Gasteiger partial charge >= 0.3 is 12.4 Å². The molecule has 0 bridgehead atoms. The van der Waals surface area contributed by atoms with Gasteiger partial charge in [-0.15, -0.1) is 0 Å². The number of halogens is 6. The Morgan fingerprint density at radius 3 is 2.05 bits per heavy atom. The average molecular weight is 543 g/mol. The number of alkyl halides is 6. The van der Waals surface area contributed by atoms with Gasteiger partial charge in [-0.3, -0.25) is 14.4 Å². The molecule has 0 saturated heterocycles. The Kier molecular flexibility index (Phi) is 9.22. The van der Waals surface area contributed by atoms with Crippen LogP contribution >= 0.6 is 0 Å². The fourth-order valence-corrected chi connectivity index (χ4v) is 4.58. The summed E-state index contributed by atoms with van der Waals surface area (Å²) >= 11 is 0. The third kappa shape index (κ3) is 8.06. The topological polar surface area (TPSA) is 89.3 Å². The number of rotatable bonds is 10. The van der Waals surface area contributed by atoms with Gasteiger partial charge in [-0.05, 0) is 79.6 Å². The number of carbonyl (C=O) groups excluding carboxylic acids is 3. The van der Waals surface area contributed by atoms with Crippen molar-refractivity contribution in [2.75, 3.05) is 5.32 Å². The molecule has 0 aromatic heterocycles. The van der Waals surface area contributed by atoms with Crippen molar-refractivity contribution in [1.29, 1.82) is 0 Å². The van der Waals surface area contributed by atoms with Gasteiger partial charge in [0.05, 0.1) is 11.1 Å². The van der Waals surface area contributed by atoms with Crippen LogP contribution in [0.15, 0.2) is 36.4 Å². The molecule has 3 rings (SSSR count). The van der Waals surface area contributed by atoms with Crippen LogP contribution in [0.5, 0.6) is 0 Å². The van der Waals surface area contributed by atoms with E-state index in [0.717, 1.165) is 12.8 Å². The van der Waals surface area contributed by atoms with Crippen molar-refractivity contribution < 1.29 is 40.7 Å². The van der Waals surface area contributed by atoms with E-state index < -0.39 is 29.4 Å². The fourth-order valence-electron chi connectivity index (χ4n) is 4.58. The van der Waals surface area contributed by atoms with E-state index in [2.05, 4.69) is 5.32 Å². The van der Waals surface area contributed by atoms with Gasteiger partial charge in [-0.2, -0.15) is 26.3 Å². The highest BCUT2D eigenvalue weighted by molar-refractivity contribution is 6.01. The highest BCUT2D eigenvalue weighted by Gasteiger charge is 2.37. The van der Waals surface area contributed by atoms with Gasteiger partial charge in [-0.25, -0.2) is 0 Å². The quantitative estimate of drug-likeness (QED) is 0.266. The summed E-state index contributed by atoms with van der Waals surface area (Å²) in [6, 6.07) is 6.14. The summed E-state index contributed by atoms with van der Waals surface area (Å²) in [7, 11) is 0. The molecule has 38 heavy (non-hydrogen) atoms. The minimum Gasteiger partial charge on any atom is -0.370 e. The maximum Gasteiger partial charge on any atom is 0.416 e. The Bertz CT molecular complexity index is 1160. The van der Waals surface area contributed by atoms with Crippen molar-refractivity contribution in [3.05, 3.63) is 64.2 Å². The van der Waals surface area contributed by atoms with Gasteiger partial charge in [0.1, 0.15) is 0 Å². The normalized spacial score (nSPS) is 15.7. The number of primary amides is 1. The number of amides is 2. The lowest BCUT2D eigenvalue weighted by Gasteiger charge is -2.24. The third-order valence-corrected chi connectivity index (χ3v) is 6.49. The van der Waals surface area contributed by atoms with E-state index in [1.54, 1.807) is 12.1 Å². The van der Waals surface area contributed by atoms with Crippen LogP contribution in [0.3, 0.4) is 0 Å². The SMILES string of the molecule is NC(=O)CCCCCCC(=O)Nc1ccc2c(c1)CCC(Cc1cc(C(F)(F)F)cc(C(F)(F)F)c1)C2=O. The molecule has 1 atom stereocenters. The van der Waals surface area contributed by atoms with Crippen LogP contribution < -0.4 is 11.1 Å². The van der Waals surface area contributed by atoms with Gasteiger partial charge in [0.15, 0.2) is 5.78 Å². The Balaban J connectivity index is 1.63. The number of hydrogen-bond acceptors (Lipinski definition) is 3. The number of hydrogen-bond donors (Lipinski definition) is 2. The molecule has 1 aliphatic rings. The summed E-state index contributed by atoms with van der Waals surface area (Å²) in [5, 5.41) is 2.77. The lowest BCUT2D eigenvalue weighted by Crippen LogP contribution is -2.25. The van der Waals surface area contributed by atoms with Gasteiger partial charge < -0.3 is 11.1 Å². The summed E-state index contributed by atoms with van der Waals surface area (Å²) < 4.78 is 79.1. The number of benzene rings is 2. The summed E-state index contributed by atoms with van der Waals surface area (Å²) in [4.78, 5) is 36.0. The number of anilines is 1. The Morgan fingerprint density at radius 2 is 1.47 bits per heavy atom. The first-order valence-corrected chi connectivity index (χ1v) is 12.3. The van der Waals surface area contributed by atoms with Gasteiger partial charge in [0.2, 0.25) is 11.8 Å². The number of aryl methyl sites for hydroxylation is 1. The molecule has 1 unspecified atom stereocenters. The lowest BCUT2D eigenvalue weighted by molar-refractivity contribution is -0.143. The smallest absolute Gasteiger partial charge is 0.370 e.